The van der Waals surface area contributed by atoms with Gasteiger partial charge in [-0.25, -0.2) is 0 Å². The molecule has 1 saturated heterocycles. The van der Waals surface area contributed by atoms with E-state index in [-0.39, 0.29) is 11.1 Å². The zero-order chi connectivity index (χ0) is 17.6. The smallest absolute Gasteiger partial charge is 0.218 e. The second-order valence-electron chi connectivity index (χ2n) is 8.16. The molecule has 24 heavy (non-hydrogen) atoms. The topological polar surface area (TPSA) is 61.1 Å². The first-order valence-electron chi connectivity index (χ1n) is 8.57. The highest BCUT2D eigenvalue weighted by atomic mass is 28.4. The van der Waals surface area contributed by atoms with Gasteiger partial charge in [-0.2, -0.15) is 0 Å². The molecular formula is C18H28O5Si. The van der Waals surface area contributed by atoms with Crippen molar-refractivity contribution in [2.45, 2.75) is 76.0 Å². The Balaban J connectivity index is 1.72. The van der Waals surface area contributed by atoms with E-state index in [9.17, 15) is 5.11 Å². The fraction of sp³-hybridized carbons (Fsp3) is 0.667. The number of aliphatic hydroxyl groups excluding tert-OH is 1. The molecule has 1 fully saturated rings. The van der Waals surface area contributed by atoms with Crippen LogP contribution < -0.4 is 0 Å². The molecule has 0 aliphatic carbocycles. The highest BCUT2D eigenvalue weighted by Gasteiger charge is 2.51. The first-order valence-corrected chi connectivity index (χ1v) is 11.5. The van der Waals surface area contributed by atoms with Crippen LogP contribution in [0.5, 0.6) is 0 Å². The van der Waals surface area contributed by atoms with Crippen LogP contribution in [0.2, 0.25) is 18.1 Å². The Kier molecular flexibility index (Phi) is 4.55. The Labute approximate surface area is 144 Å². The van der Waals surface area contributed by atoms with Crippen molar-refractivity contribution in [3.8, 4) is 0 Å². The lowest BCUT2D eigenvalue weighted by molar-refractivity contribution is -0.318. The van der Waals surface area contributed by atoms with E-state index in [0.717, 1.165) is 5.76 Å². The van der Waals surface area contributed by atoms with E-state index >= 15 is 0 Å². The van der Waals surface area contributed by atoms with Crippen molar-refractivity contribution in [3.05, 3.63) is 36.3 Å². The van der Waals surface area contributed by atoms with Crippen molar-refractivity contribution in [1.82, 2.24) is 0 Å². The molecule has 2 aliphatic rings. The summed E-state index contributed by atoms with van der Waals surface area (Å²) in [6, 6.07) is 3.73. The minimum atomic E-state index is -1.97. The molecule has 1 unspecified atom stereocenters. The van der Waals surface area contributed by atoms with Crippen LogP contribution in [0.25, 0.3) is 0 Å². The summed E-state index contributed by atoms with van der Waals surface area (Å²) in [6.07, 6.45) is 5.14. The monoisotopic (exact) mass is 352 g/mol. The SMILES string of the molecule is CC(C)(C)[Si](C)(C)OC1C=C[C@@]2(O1)O[C@@H](c1ccco1)CC[C@@H]2O. The lowest BCUT2D eigenvalue weighted by Crippen LogP contribution is -2.51. The van der Waals surface area contributed by atoms with Gasteiger partial charge < -0.3 is 23.4 Å². The molecule has 1 aromatic rings. The van der Waals surface area contributed by atoms with Gasteiger partial charge in [0.25, 0.3) is 0 Å². The number of rotatable bonds is 3. The first-order chi connectivity index (χ1) is 11.1. The molecule has 3 heterocycles. The Bertz CT molecular complexity index is 589. The van der Waals surface area contributed by atoms with Gasteiger partial charge in [-0.3, -0.25) is 0 Å². The Hall–Kier alpha value is -0.923. The second-order valence-corrected chi connectivity index (χ2v) is 12.9. The predicted octanol–water partition coefficient (Wildman–Crippen LogP) is 4.12. The summed E-state index contributed by atoms with van der Waals surface area (Å²) in [4.78, 5) is 0. The summed E-state index contributed by atoms with van der Waals surface area (Å²) in [7, 11) is -1.97. The molecule has 2 aliphatic heterocycles. The van der Waals surface area contributed by atoms with Crippen molar-refractivity contribution in [1.29, 1.82) is 0 Å². The van der Waals surface area contributed by atoms with Gasteiger partial charge in [0.05, 0.1) is 6.26 Å². The van der Waals surface area contributed by atoms with E-state index in [1.807, 2.05) is 18.2 Å². The minimum absolute atomic E-state index is 0.0860. The summed E-state index contributed by atoms with van der Waals surface area (Å²) in [5.41, 5.74) is 0. The third-order valence-electron chi connectivity index (χ3n) is 5.36. The van der Waals surface area contributed by atoms with Gasteiger partial charge >= 0.3 is 0 Å². The lowest BCUT2D eigenvalue weighted by atomic mass is 9.97. The van der Waals surface area contributed by atoms with Crippen LogP contribution in [-0.4, -0.2) is 31.6 Å². The molecule has 1 spiro atoms. The normalized spacial score (nSPS) is 34.2. The quantitative estimate of drug-likeness (QED) is 0.655. The molecule has 5 nitrogen and oxygen atoms in total. The van der Waals surface area contributed by atoms with Crippen molar-refractivity contribution >= 4 is 8.32 Å². The molecule has 1 aromatic heterocycles. The van der Waals surface area contributed by atoms with E-state index in [1.54, 1.807) is 12.3 Å². The minimum Gasteiger partial charge on any atom is -0.467 e. The van der Waals surface area contributed by atoms with Crippen molar-refractivity contribution < 1.29 is 23.4 Å². The summed E-state index contributed by atoms with van der Waals surface area (Å²) >= 11 is 0. The average Bonchev–Trinajstić information content (AvgIpc) is 3.11. The molecule has 3 rings (SSSR count). The molecule has 0 bridgehead atoms. The van der Waals surface area contributed by atoms with Crippen LogP contribution in [0.3, 0.4) is 0 Å². The first kappa shape index (κ1) is 17.9. The standard InChI is InChI=1S/C18H28O5Si/c1-17(2,3)24(4,5)23-16-10-11-18(22-16)15(19)9-8-14(21-18)13-7-6-12-20-13/h6-7,10-12,14-16,19H,8-9H2,1-5H3/t14-,15+,16?,18+/m1/s1. The average molecular weight is 353 g/mol. The zero-order valence-corrected chi connectivity index (χ0v) is 16.1. The fourth-order valence-electron chi connectivity index (χ4n) is 2.81. The number of furan rings is 1. The van der Waals surface area contributed by atoms with E-state index < -0.39 is 26.5 Å². The second kappa shape index (κ2) is 6.11. The summed E-state index contributed by atoms with van der Waals surface area (Å²) in [5, 5.41) is 10.6. The molecule has 0 amide bonds. The van der Waals surface area contributed by atoms with Gasteiger partial charge in [0, 0.05) is 0 Å². The van der Waals surface area contributed by atoms with Crippen LogP contribution >= 0.6 is 0 Å². The lowest BCUT2D eigenvalue weighted by Gasteiger charge is -2.42. The van der Waals surface area contributed by atoms with E-state index in [0.29, 0.717) is 12.8 Å². The number of aliphatic hydroxyl groups is 1. The largest absolute Gasteiger partial charge is 0.467 e. The van der Waals surface area contributed by atoms with Gasteiger partial charge in [0.2, 0.25) is 5.79 Å². The maximum absolute atomic E-state index is 10.5. The van der Waals surface area contributed by atoms with Gasteiger partial charge in [0.1, 0.15) is 18.0 Å². The zero-order valence-electron chi connectivity index (χ0n) is 15.1. The maximum Gasteiger partial charge on any atom is 0.218 e. The third kappa shape index (κ3) is 3.26. The Morgan fingerprint density at radius 1 is 1.25 bits per heavy atom. The number of ether oxygens (including phenoxy) is 2. The molecule has 0 radical (unpaired) electrons. The van der Waals surface area contributed by atoms with Crippen LogP contribution in [-0.2, 0) is 13.9 Å². The van der Waals surface area contributed by atoms with Crippen LogP contribution in [0, 0.1) is 0 Å². The van der Waals surface area contributed by atoms with Gasteiger partial charge in [0.15, 0.2) is 14.6 Å². The molecule has 134 valence electrons. The van der Waals surface area contributed by atoms with Crippen LogP contribution in [0.1, 0.15) is 45.5 Å². The van der Waals surface area contributed by atoms with Crippen LogP contribution in [0.15, 0.2) is 35.0 Å². The Morgan fingerprint density at radius 2 is 2.00 bits per heavy atom. The maximum atomic E-state index is 10.5. The summed E-state index contributed by atoms with van der Waals surface area (Å²) in [6.45, 7) is 10.9. The van der Waals surface area contributed by atoms with Gasteiger partial charge in [-0.15, -0.1) is 0 Å². The highest BCUT2D eigenvalue weighted by Crippen LogP contribution is 2.44. The number of hydrogen-bond donors (Lipinski definition) is 1. The predicted molar refractivity (Wildman–Crippen MR) is 92.8 cm³/mol. The third-order valence-corrected chi connectivity index (χ3v) is 9.79. The van der Waals surface area contributed by atoms with Gasteiger partial charge in [-0.05, 0) is 55.3 Å². The van der Waals surface area contributed by atoms with Gasteiger partial charge in [-0.1, -0.05) is 20.8 Å². The molecule has 0 aromatic carbocycles. The summed E-state index contributed by atoms with van der Waals surface area (Å²) < 4.78 is 23.9. The molecule has 0 saturated carbocycles. The summed E-state index contributed by atoms with van der Waals surface area (Å²) in [5.74, 6) is -0.394. The molecule has 1 N–H and O–H groups in total. The van der Waals surface area contributed by atoms with E-state index in [2.05, 4.69) is 33.9 Å². The molecule has 6 heteroatoms. The van der Waals surface area contributed by atoms with E-state index in [4.69, 9.17) is 18.3 Å². The van der Waals surface area contributed by atoms with E-state index in [1.165, 1.54) is 0 Å². The fourth-order valence-corrected chi connectivity index (χ4v) is 3.87. The molecular weight excluding hydrogens is 324 g/mol. The molecule has 4 atom stereocenters. The van der Waals surface area contributed by atoms with Crippen LogP contribution in [0.4, 0.5) is 0 Å². The highest BCUT2D eigenvalue weighted by molar-refractivity contribution is 6.74. The van der Waals surface area contributed by atoms with Crippen molar-refractivity contribution in [2.75, 3.05) is 0 Å². The Morgan fingerprint density at radius 3 is 2.62 bits per heavy atom. The van der Waals surface area contributed by atoms with Crippen molar-refractivity contribution in [2.24, 2.45) is 0 Å². The van der Waals surface area contributed by atoms with Crippen molar-refractivity contribution in [3.63, 3.8) is 0 Å². The number of hydrogen-bond acceptors (Lipinski definition) is 5.